The van der Waals surface area contributed by atoms with Crippen LogP contribution in [0.5, 0.6) is 0 Å². The molecule has 0 unspecified atom stereocenters. The maximum Gasteiger partial charge on any atom is 0.221 e. The average Bonchev–Trinajstić information content (AvgIpc) is 3.16. The predicted molar refractivity (Wildman–Crippen MR) is 111 cm³/mol. The van der Waals surface area contributed by atoms with E-state index in [1.54, 1.807) is 0 Å². The Morgan fingerprint density at radius 3 is 3.00 bits per heavy atom. The standard InChI is InChI=1S/C22H29N5O2/c1-16(28)24-18-7-5-6-17(10-18)20-13-27(12-19-11-26(2)15-23-19)14-22(20)9-4-3-8-21(29)25-22/h5-7,10-11,15,20H,3-4,8-9,12-14H2,1-2H3,(H,24,28)(H,25,29)/t20-,22+/m0/s1. The zero-order valence-electron chi connectivity index (χ0n) is 17.1. The second-order valence-corrected chi connectivity index (χ2v) is 8.47. The highest BCUT2D eigenvalue weighted by molar-refractivity contribution is 5.88. The van der Waals surface area contributed by atoms with Gasteiger partial charge in [-0.2, -0.15) is 0 Å². The molecule has 4 rings (SSSR count). The number of aryl methyl sites for hydroxylation is 1. The van der Waals surface area contributed by atoms with Crippen molar-refractivity contribution < 1.29 is 9.59 Å². The van der Waals surface area contributed by atoms with Gasteiger partial charge in [0, 0.05) is 57.8 Å². The van der Waals surface area contributed by atoms with Crippen molar-refractivity contribution in [1.82, 2.24) is 19.8 Å². The maximum atomic E-state index is 12.5. The molecule has 154 valence electrons. The number of carbonyl (C=O) groups is 2. The van der Waals surface area contributed by atoms with Crippen molar-refractivity contribution in [3.05, 3.63) is 48.0 Å². The molecule has 1 aromatic carbocycles. The summed E-state index contributed by atoms with van der Waals surface area (Å²) in [5, 5.41) is 6.27. The third kappa shape index (κ3) is 4.34. The first-order chi connectivity index (χ1) is 13.9. The third-order valence-corrected chi connectivity index (χ3v) is 6.03. The van der Waals surface area contributed by atoms with E-state index in [0.717, 1.165) is 55.8 Å². The molecule has 0 aliphatic carbocycles. The van der Waals surface area contributed by atoms with Crippen LogP contribution in [0.25, 0.3) is 0 Å². The van der Waals surface area contributed by atoms with Crippen molar-refractivity contribution in [2.45, 2.75) is 50.6 Å². The molecule has 7 nitrogen and oxygen atoms in total. The van der Waals surface area contributed by atoms with Gasteiger partial charge < -0.3 is 15.2 Å². The van der Waals surface area contributed by atoms with Gasteiger partial charge in [-0.25, -0.2) is 4.98 Å². The Morgan fingerprint density at radius 1 is 1.38 bits per heavy atom. The highest BCUT2D eigenvalue weighted by Crippen LogP contribution is 2.41. The number of amides is 2. The van der Waals surface area contributed by atoms with Crippen molar-refractivity contribution in [2.75, 3.05) is 18.4 Å². The molecule has 2 aromatic rings. The van der Waals surface area contributed by atoms with Crippen LogP contribution in [0.1, 0.15) is 49.8 Å². The summed E-state index contributed by atoms with van der Waals surface area (Å²) in [6, 6.07) is 8.05. The SMILES string of the molecule is CC(=O)Nc1cccc([C@@H]2CN(Cc3cn(C)cn3)C[C@]23CCCCC(=O)N3)c1. The van der Waals surface area contributed by atoms with Gasteiger partial charge in [0.05, 0.1) is 17.6 Å². The number of anilines is 1. The van der Waals surface area contributed by atoms with Gasteiger partial charge in [0.15, 0.2) is 0 Å². The van der Waals surface area contributed by atoms with E-state index < -0.39 is 0 Å². The molecule has 2 aliphatic heterocycles. The fourth-order valence-electron chi connectivity index (χ4n) is 4.87. The highest BCUT2D eigenvalue weighted by atomic mass is 16.2. The van der Waals surface area contributed by atoms with Gasteiger partial charge in [-0.05, 0) is 30.5 Å². The third-order valence-electron chi connectivity index (χ3n) is 6.03. The average molecular weight is 396 g/mol. The number of hydrogen-bond acceptors (Lipinski definition) is 4. The molecular formula is C22H29N5O2. The second kappa shape index (κ2) is 7.99. The summed E-state index contributed by atoms with van der Waals surface area (Å²) in [5.41, 5.74) is 2.71. The number of carbonyl (C=O) groups excluding carboxylic acids is 2. The second-order valence-electron chi connectivity index (χ2n) is 8.47. The van der Waals surface area contributed by atoms with Crippen LogP contribution in [0.15, 0.2) is 36.8 Å². The Labute approximate surface area is 171 Å². The van der Waals surface area contributed by atoms with E-state index in [1.807, 2.05) is 36.3 Å². The summed E-state index contributed by atoms with van der Waals surface area (Å²) < 4.78 is 1.96. The molecule has 7 heteroatoms. The molecule has 0 radical (unpaired) electrons. The van der Waals surface area contributed by atoms with E-state index in [9.17, 15) is 9.59 Å². The summed E-state index contributed by atoms with van der Waals surface area (Å²) in [5.74, 6) is 0.231. The minimum atomic E-state index is -0.281. The van der Waals surface area contributed by atoms with Crippen LogP contribution in [0, 0.1) is 0 Å². The van der Waals surface area contributed by atoms with Crippen molar-refractivity contribution in [2.24, 2.45) is 7.05 Å². The minimum absolute atomic E-state index is 0.0807. The molecule has 0 saturated carbocycles. The van der Waals surface area contributed by atoms with E-state index in [1.165, 1.54) is 6.92 Å². The van der Waals surface area contributed by atoms with E-state index in [-0.39, 0.29) is 23.3 Å². The molecule has 2 amide bonds. The van der Waals surface area contributed by atoms with Gasteiger partial charge in [-0.1, -0.05) is 18.6 Å². The quantitative estimate of drug-likeness (QED) is 0.833. The Balaban J connectivity index is 1.64. The molecule has 2 atom stereocenters. The van der Waals surface area contributed by atoms with Crippen LogP contribution in [-0.4, -0.2) is 44.9 Å². The first kappa shape index (κ1) is 19.6. The van der Waals surface area contributed by atoms with Crippen LogP contribution < -0.4 is 10.6 Å². The zero-order valence-corrected chi connectivity index (χ0v) is 17.1. The molecule has 2 N–H and O–H groups in total. The van der Waals surface area contributed by atoms with E-state index in [4.69, 9.17) is 0 Å². The summed E-state index contributed by atoms with van der Waals surface area (Å²) in [6.45, 7) is 3.94. The van der Waals surface area contributed by atoms with Gasteiger partial charge in [0.1, 0.15) is 0 Å². The Morgan fingerprint density at radius 2 is 2.24 bits per heavy atom. The van der Waals surface area contributed by atoms with Crippen molar-refractivity contribution in [1.29, 1.82) is 0 Å². The number of imidazole rings is 1. The Kier molecular flexibility index (Phi) is 5.41. The van der Waals surface area contributed by atoms with Gasteiger partial charge in [0.25, 0.3) is 0 Å². The fraction of sp³-hybridized carbons (Fsp3) is 0.500. The molecular weight excluding hydrogens is 366 g/mol. The number of likely N-dealkylation sites (tertiary alicyclic amines) is 1. The van der Waals surface area contributed by atoms with Gasteiger partial charge in [-0.3, -0.25) is 14.5 Å². The monoisotopic (exact) mass is 395 g/mol. The summed E-state index contributed by atoms with van der Waals surface area (Å²) in [4.78, 5) is 30.9. The van der Waals surface area contributed by atoms with Gasteiger partial charge in [0.2, 0.25) is 11.8 Å². The summed E-state index contributed by atoms with van der Waals surface area (Å²) in [6.07, 6.45) is 7.41. The van der Waals surface area contributed by atoms with Crippen molar-refractivity contribution in [3.63, 3.8) is 0 Å². The first-order valence-corrected chi connectivity index (χ1v) is 10.3. The Hall–Kier alpha value is -2.67. The smallest absolute Gasteiger partial charge is 0.221 e. The van der Waals surface area contributed by atoms with E-state index >= 15 is 0 Å². The van der Waals surface area contributed by atoms with Crippen LogP contribution in [0.2, 0.25) is 0 Å². The number of hydrogen-bond donors (Lipinski definition) is 2. The number of rotatable bonds is 4. The molecule has 2 aliphatic rings. The lowest BCUT2D eigenvalue weighted by atomic mass is 9.79. The van der Waals surface area contributed by atoms with Crippen molar-refractivity contribution in [3.8, 4) is 0 Å². The van der Waals surface area contributed by atoms with Crippen LogP contribution in [-0.2, 0) is 23.2 Å². The molecule has 2 fully saturated rings. The normalized spacial score (nSPS) is 25.0. The number of nitrogens with one attached hydrogen (secondary N) is 2. The van der Waals surface area contributed by atoms with Gasteiger partial charge >= 0.3 is 0 Å². The molecule has 0 bridgehead atoms. The lowest BCUT2D eigenvalue weighted by Gasteiger charge is -2.35. The largest absolute Gasteiger partial charge is 0.349 e. The van der Waals surface area contributed by atoms with Gasteiger partial charge in [-0.15, -0.1) is 0 Å². The molecule has 1 aromatic heterocycles. The molecule has 1 spiro atoms. The number of nitrogens with zero attached hydrogens (tertiary/aromatic N) is 3. The fourth-order valence-corrected chi connectivity index (χ4v) is 4.87. The molecule has 2 saturated heterocycles. The van der Waals surface area contributed by atoms with Crippen molar-refractivity contribution >= 4 is 17.5 Å². The van der Waals surface area contributed by atoms with Crippen LogP contribution >= 0.6 is 0 Å². The molecule has 29 heavy (non-hydrogen) atoms. The van der Waals surface area contributed by atoms with Crippen LogP contribution in [0.4, 0.5) is 5.69 Å². The number of aromatic nitrogens is 2. The summed E-state index contributed by atoms with van der Waals surface area (Å²) in [7, 11) is 1.98. The van der Waals surface area contributed by atoms with E-state index in [2.05, 4.69) is 32.7 Å². The first-order valence-electron chi connectivity index (χ1n) is 10.3. The maximum absolute atomic E-state index is 12.5. The lowest BCUT2D eigenvalue weighted by molar-refractivity contribution is -0.122. The topological polar surface area (TPSA) is 79.3 Å². The van der Waals surface area contributed by atoms with E-state index in [0.29, 0.717) is 6.42 Å². The minimum Gasteiger partial charge on any atom is -0.349 e. The molecule has 3 heterocycles. The highest BCUT2D eigenvalue weighted by Gasteiger charge is 2.48. The van der Waals surface area contributed by atoms with Crippen LogP contribution in [0.3, 0.4) is 0 Å². The predicted octanol–water partition coefficient (Wildman–Crippen LogP) is 2.41. The number of benzene rings is 1. The lowest BCUT2D eigenvalue weighted by Crippen LogP contribution is -2.52. The zero-order chi connectivity index (χ0) is 20.4. The summed E-state index contributed by atoms with van der Waals surface area (Å²) >= 11 is 0. The Bertz CT molecular complexity index is 908.